The second-order valence-electron chi connectivity index (χ2n) is 7.49. The van der Waals surface area contributed by atoms with Crippen molar-refractivity contribution in [3.05, 3.63) is 78.0 Å². The highest BCUT2D eigenvalue weighted by molar-refractivity contribution is 6.00. The van der Waals surface area contributed by atoms with Crippen molar-refractivity contribution in [3.8, 4) is 5.75 Å². The van der Waals surface area contributed by atoms with Crippen LogP contribution in [0.25, 0.3) is 10.9 Å². The van der Waals surface area contributed by atoms with Crippen LogP contribution in [0, 0.1) is 11.6 Å². The Labute approximate surface area is 174 Å². The van der Waals surface area contributed by atoms with Crippen LogP contribution in [-0.2, 0) is 6.54 Å². The molecular formula is C24H24F2N2O2. The average Bonchev–Trinajstić information content (AvgIpc) is 3.14. The predicted octanol–water partition coefficient (Wildman–Crippen LogP) is 5.16. The number of carbonyl (C=O) groups excluding carboxylic acids is 1. The van der Waals surface area contributed by atoms with Crippen molar-refractivity contribution in [1.29, 1.82) is 0 Å². The van der Waals surface area contributed by atoms with E-state index in [2.05, 4.69) is 6.58 Å². The van der Waals surface area contributed by atoms with Gasteiger partial charge in [0.15, 0.2) is 0 Å². The molecule has 0 unspecified atom stereocenters. The lowest BCUT2D eigenvalue weighted by atomic mass is 10.1. The highest BCUT2D eigenvalue weighted by Crippen LogP contribution is 2.31. The SMILES string of the molecule is C=CCOc1cccc2c1cc(C(=O)N1CCCCC1)n2Cc1cc(F)ccc1F. The Morgan fingerprint density at radius 1 is 1.10 bits per heavy atom. The molecule has 1 aliphatic heterocycles. The fourth-order valence-electron chi connectivity index (χ4n) is 3.97. The van der Waals surface area contributed by atoms with Gasteiger partial charge in [-0.2, -0.15) is 0 Å². The lowest BCUT2D eigenvalue weighted by Gasteiger charge is -2.27. The number of benzene rings is 2. The Balaban J connectivity index is 1.83. The standard InChI is InChI=1S/C24H24F2N2O2/c1-2-13-30-23-8-6-7-21-19(23)15-22(24(29)27-11-4-3-5-12-27)28(21)16-17-14-18(25)9-10-20(17)26/h2,6-10,14-15H,1,3-5,11-13,16H2. The molecule has 4 nitrogen and oxygen atoms in total. The number of piperidine rings is 1. The second kappa shape index (κ2) is 8.69. The first-order valence-electron chi connectivity index (χ1n) is 10.2. The van der Waals surface area contributed by atoms with Gasteiger partial charge in [0.1, 0.15) is 29.7 Å². The summed E-state index contributed by atoms with van der Waals surface area (Å²) in [6, 6.07) is 10.7. The van der Waals surface area contributed by atoms with Gasteiger partial charge in [-0.3, -0.25) is 4.79 Å². The fraction of sp³-hybridized carbons (Fsp3) is 0.292. The van der Waals surface area contributed by atoms with Crippen LogP contribution in [0.5, 0.6) is 5.75 Å². The van der Waals surface area contributed by atoms with Gasteiger partial charge in [-0.1, -0.05) is 18.7 Å². The number of fused-ring (bicyclic) bond motifs is 1. The molecule has 0 bridgehead atoms. The number of aromatic nitrogens is 1. The molecule has 0 spiro atoms. The maximum atomic E-state index is 14.4. The molecular weight excluding hydrogens is 386 g/mol. The number of likely N-dealkylation sites (tertiary alicyclic amines) is 1. The molecule has 4 rings (SSSR count). The molecule has 0 radical (unpaired) electrons. The van der Waals surface area contributed by atoms with Crippen LogP contribution in [0.1, 0.15) is 35.3 Å². The summed E-state index contributed by atoms with van der Waals surface area (Å²) < 4.78 is 35.7. The van der Waals surface area contributed by atoms with Gasteiger partial charge < -0.3 is 14.2 Å². The Bertz CT molecular complexity index is 1080. The topological polar surface area (TPSA) is 34.5 Å². The highest BCUT2D eigenvalue weighted by Gasteiger charge is 2.24. The van der Waals surface area contributed by atoms with Gasteiger partial charge in [0, 0.05) is 24.0 Å². The Hall–Kier alpha value is -3.15. The second-order valence-corrected chi connectivity index (χ2v) is 7.49. The summed E-state index contributed by atoms with van der Waals surface area (Å²) in [5, 5.41) is 0.761. The number of carbonyl (C=O) groups is 1. The zero-order chi connectivity index (χ0) is 21.1. The summed E-state index contributed by atoms with van der Waals surface area (Å²) in [7, 11) is 0. The van der Waals surface area contributed by atoms with Crippen LogP contribution in [0.4, 0.5) is 8.78 Å². The Morgan fingerprint density at radius 3 is 2.67 bits per heavy atom. The average molecular weight is 410 g/mol. The van der Waals surface area contributed by atoms with Gasteiger partial charge in [-0.15, -0.1) is 0 Å². The molecule has 1 saturated heterocycles. The number of hydrogen-bond donors (Lipinski definition) is 0. The van der Waals surface area contributed by atoms with E-state index in [1.165, 1.54) is 6.07 Å². The van der Waals surface area contributed by atoms with Crippen molar-refractivity contribution in [2.75, 3.05) is 19.7 Å². The minimum atomic E-state index is -0.512. The van der Waals surface area contributed by atoms with Crippen molar-refractivity contribution in [2.24, 2.45) is 0 Å². The molecule has 1 fully saturated rings. The van der Waals surface area contributed by atoms with Crippen molar-refractivity contribution in [2.45, 2.75) is 25.8 Å². The third-order valence-electron chi connectivity index (χ3n) is 5.46. The zero-order valence-corrected chi connectivity index (χ0v) is 16.7. The van der Waals surface area contributed by atoms with Crippen molar-refractivity contribution in [1.82, 2.24) is 9.47 Å². The van der Waals surface area contributed by atoms with Crippen LogP contribution in [0.2, 0.25) is 0 Å². The largest absolute Gasteiger partial charge is 0.489 e. The molecule has 6 heteroatoms. The van der Waals surface area contributed by atoms with Crippen molar-refractivity contribution in [3.63, 3.8) is 0 Å². The number of rotatable bonds is 6. The van der Waals surface area contributed by atoms with E-state index in [0.29, 0.717) is 31.1 Å². The minimum Gasteiger partial charge on any atom is -0.489 e. The van der Waals surface area contributed by atoms with E-state index in [4.69, 9.17) is 4.74 Å². The number of nitrogens with zero attached hydrogens (tertiary/aromatic N) is 2. The summed E-state index contributed by atoms with van der Waals surface area (Å²) in [4.78, 5) is 15.2. The molecule has 1 aliphatic rings. The van der Waals surface area contributed by atoms with E-state index in [9.17, 15) is 13.6 Å². The quantitative estimate of drug-likeness (QED) is 0.526. The molecule has 0 saturated carbocycles. The molecule has 2 aromatic carbocycles. The Morgan fingerprint density at radius 2 is 1.90 bits per heavy atom. The van der Waals surface area contributed by atoms with E-state index in [1.54, 1.807) is 16.7 Å². The smallest absolute Gasteiger partial charge is 0.270 e. The van der Waals surface area contributed by atoms with Crippen LogP contribution >= 0.6 is 0 Å². The number of ether oxygens (including phenoxy) is 1. The van der Waals surface area contributed by atoms with Crippen LogP contribution in [-0.4, -0.2) is 35.1 Å². The van der Waals surface area contributed by atoms with Crippen LogP contribution < -0.4 is 4.74 Å². The number of amides is 1. The third-order valence-corrected chi connectivity index (χ3v) is 5.46. The molecule has 2 heterocycles. The van der Waals surface area contributed by atoms with Gasteiger partial charge in [-0.05, 0) is 55.7 Å². The van der Waals surface area contributed by atoms with E-state index >= 15 is 0 Å². The van der Waals surface area contributed by atoms with Gasteiger partial charge in [0.05, 0.1) is 12.1 Å². The molecule has 156 valence electrons. The lowest BCUT2D eigenvalue weighted by Crippen LogP contribution is -2.36. The van der Waals surface area contributed by atoms with E-state index in [-0.39, 0.29) is 18.0 Å². The predicted molar refractivity (Wildman–Crippen MR) is 113 cm³/mol. The van der Waals surface area contributed by atoms with Crippen molar-refractivity contribution >= 4 is 16.8 Å². The molecule has 3 aromatic rings. The number of halogens is 2. The van der Waals surface area contributed by atoms with Gasteiger partial charge in [0.2, 0.25) is 0 Å². The monoisotopic (exact) mass is 410 g/mol. The lowest BCUT2D eigenvalue weighted by molar-refractivity contribution is 0.0714. The summed E-state index contributed by atoms with van der Waals surface area (Å²) >= 11 is 0. The molecule has 0 N–H and O–H groups in total. The first-order chi connectivity index (χ1) is 14.6. The molecule has 30 heavy (non-hydrogen) atoms. The first-order valence-corrected chi connectivity index (χ1v) is 10.2. The molecule has 0 aliphatic carbocycles. The van der Waals surface area contributed by atoms with Crippen LogP contribution in [0.3, 0.4) is 0 Å². The van der Waals surface area contributed by atoms with E-state index < -0.39 is 11.6 Å². The fourth-order valence-corrected chi connectivity index (χ4v) is 3.97. The Kier molecular flexibility index (Phi) is 5.84. The third kappa shape index (κ3) is 3.95. The normalized spacial score (nSPS) is 14.1. The zero-order valence-electron chi connectivity index (χ0n) is 16.7. The van der Waals surface area contributed by atoms with Gasteiger partial charge in [0.25, 0.3) is 5.91 Å². The number of hydrogen-bond acceptors (Lipinski definition) is 2. The van der Waals surface area contributed by atoms with Gasteiger partial charge in [-0.25, -0.2) is 8.78 Å². The maximum absolute atomic E-state index is 14.4. The van der Waals surface area contributed by atoms with Crippen molar-refractivity contribution < 1.29 is 18.3 Å². The van der Waals surface area contributed by atoms with Gasteiger partial charge >= 0.3 is 0 Å². The van der Waals surface area contributed by atoms with E-state index in [0.717, 1.165) is 42.3 Å². The summed E-state index contributed by atoms with van der Waals surface area (Å²) in [6.45, 7) is 5.46. The molecule has 1 amide bonds. The van der Waals surface area contributed by atoms with E-state index in [1.807, 2.05) is 23.1 Å². The maximum Gasteiger partial charge on any atom is 0.270 e. The first kappa shape index (κ1) is 20.1. The molecule has 1 aromatic heterocycles. The highest BCUT2D eigenvalue weighted by atomic mass is 19.1. The summed E-state index contributed by atoms with van der Waals surface area (Å²) in [6.07, 6.45) is 4.70. The molecule has 0 atom stereocenters. The minimum absolute atomic E-state index is 0.0485. The van der Waals surface area contributed by atoms with Crippen LogP contribution in [0.15, 0.2) is 55.1 Å². The summed E-state index contributed by atoms with van der Waals surface area (Å²) in [5.41, 5.74) is 1.38. The summed E-state index contributed by atoms with van der Waals surface area (Å²) in [5.74, 6) is -0.494.